The molecule has 5 rings (SSSR count). The number of aliphatic imine (C=N–C) groups is 1. The molecule has 28 heavy (non-hydrogen) atoms. The van der Waals surface area contributed by atoms with Crippen LogP contribution in [0, 0.1) is 0 Å². The van der Waals surface area contributed by atoms with Gasteiger partial charge in [0.15, 0.2) is 5.70 Å². The van der Waals surface area contributed by atoms with E-state index in [0.717, 1.165) is 37.1 Å². The summed E-state index contributed by atoms with van der Waals surface area (Å²) >= 11 is 3.44. The van der Waals surface area contributed by atoms with Crippen molar-refractivity contribution in [3.05, 3.63) is 100 Å². The summed E-state index contributed by atoms with van der Waals surface area (Å²) in [6, 6.07) is 26.0. The van der Waals surface area contributed by atoms with Gasteiger partial charge in [-0.2, -0.15) is 0 Å². The van der Waals surface area contributed by atoms with E-state index in [1.54, 1.807) is 0 Å². The maximum Gasteiger partial charge on any atom is 0.363 e. The Morgan fingerprint density at radius 1 is 0.821 bits per heavy atom. The molecule has 4 aromatic carbocycles. The Kier molecular flexibility index (Phi) is 4.06. The molecule has 0 fully saturated rings. The lowest BCUT2D eigenvalue weighted by Gasteiger charge is -2.08. The maximum absolute atomic E-state index is 12.5. The fourth-order valence-corrected chi connectivity index (χ4v) is 3.89. The number of benzene rings is 4. The SMILES string of the molecule is O=C1OC(c2cccc(Br)c2)=N/C1=C\c1c2ccccc2cc2ccccc12. The van der Waals surface area contributed by atoms with Crippen LogP contribution in [0.15, 0.2) is 94.0 Å². The minimum atomic E-state index is -0.438. The molecule has 1 heterocycles. The van der Waals surface area contributed by atoms with E-state index >= 15 is 0 Å². The Hall–Kier alpha value is -3.24. The van der Waals surface area contributed by atoms with E-state index in [1.807, 2.05) is 54.6 Å². The van der Waals surface area contributed by atoms with Gasteiger partial charge in [-0.25, -0.2) is 9.79 Å². The molecule has 0 aromatic heterocycles. The van der Waals surface area contributed by atoms with E-state index in [9.17, 15) is 4.79 Å². The molecule has 134 valence electrons. The van der Waals surface area contributed by atoms with Crippen LogP contribution in [-0.4, -0.2) is 11.9 Å². The molecule has 0 saturated heterocycles. The van der Waals surface area contributed by atoms with Crippen molar-refractivity contribution >= 4 is 55.4 Å². The van der Waals surface area contributed by atoms with E-state index in [2.05, 4.69) is 51.3 Å². The zero-order valence-corrected chi connectivity index (χ0v) is 16.3. The Morgan fingerprint density at radius 2 is 1.50 bits per heavy atom. The normalized spacial score (nSPS) is 15.2. The number of hydrogen-bond donors (Lipinski definition) is 0. The highest BCUT2D eigenvalue weighted by Gasteiger charge is 2.24. The topological polar surface area (TPSA) is 38.7 Å². The van der Waals surface area contributed by atoms with Gasteiger partial charge < -0.3 is 4.74 Å². The molecule has 0 N–H and O–H groups in total. The molecule has 0 aliphatic carbocycles. The van der Waals surface area contributed by atoms with Crippen molar-refractivity contribution in [3.8, 4) is 0 Å². The molecule has 1 aliphatic rings. The average molecular weight is 428 g/mol. The van der Waals surface area contributed by atoms with Crippen molar-refractivity contribution in [1.29, 1.82) is 0 Å². The number of fused-ring (bicyclic) bond motifs is 2. The third-order valence-corrected chi connectivity index (χ3v) is 5.28. The minimum absolute atomic E-state index is 0.302. The van der Waals surface area contributed by atoms with Gasteiger partial charge in [0.25, 0.3) is 0 Å². The van der Waals surface area contributed by atoms with Crippen molar-refractivity contribution in [1.82, 2.24) is 0 Å². The van der Waals surface area contributed by atoms with Crippen LogP contribution >= 0.6 is 15.9 Å². The third kappa shape index (κ3) is 2.92. The summed E-state index contributed by atoms with van der Waals surface area (Å²) < 4.78 is 6.34. The molecule has 0 bridgehead atoms. The number of cyclic esters (lactones) is 1. The van der Waals surface area contributed by atoms with Gasteiger partial charge in [0, 0.05) is 10.0 Å². The summed E-state index contributed by atoms with van der Waals surface area (Å²) in [7, 11) is 0. The molecule has 0 amide bonds. The molecule has 0 spiro atoms. The molecule has 4 heteroatoms. The molecule has 0 radical (unpaired) electrons. The quantitative estimate of drug-likeness (QED) is 0.220. The average Bonchev–Trinajstić information content (AvgIpc) is 3.08. The van der Waals surface area contributed by atoms with Crippen LogP contribution in [-0.2, 0) is 9.53 Å². The lowest BCUT2D eigenvalue weighted by atomic mass is 9.96. The van der Waals surface area contributed by atoms with Gasteiger partial charge in [-0.1, -0.05) is 70.5 Å². The zero-order chi connectivity index (χ0) is 19.1. The van der Waals surface area contributed by atoms with Crippen LogP contribution in [0.25, 0.3) is 27.6 Å². The standard InChI is InChI=1S/C24H14BrNO2/c25-18-9-5-8-17(13-18)23-26-22(24(27)28-23)14-21-19-10-3-1-6-15(19)12-16-7-2-4-11-20(16)21/h1-14H/b22-14-. The smallest absolute Gasteiger partial charge is 0.363 e. The van der Waals surface area contributed by atoms with E-state index in [4.69, 9.17) is 4.74 Å². The number of rotatable bonds is 2. The van der Waals surface area contributed by atoms with Crippen molar-refractivity contribution < 1.29 is 9.53 Å². The molecule has 0 unspecified atom stereocenters. The number of carbonyl (C=O) groups is 1. The van der Waals surface area contributed by atoms with Gasteiger partial charge in [0.05, 0.1) is 0 Å². The Bertz CT molecular complexity index is 1270. The van der Waals surface area contributed by atoms with E-state index in [0.29, 0.717) is 11.6 Å². The predicted molar refractivity (Wildman–Crippen MR) is 116 cm³/mol. The van der Waals surface area contributed by atoms with Crippen LogP contribution in [0.4, 0.5) is 0 Å². The molecule has 3 nitrogen and oxygen atoms in total. The van der Waals surface area contributed by atoms with Gasteiger partial charge in [0.1, 0.15) is 0 Å². The number of ether oxygens (including phenoxy) is 1. The zero-order valence-electron chi connectivity index (χ0n) is 14.7. The molecular weight excluding hydrogens is 414 g/mol. The van der Waals surface area contributed by atoms with Gasteiger partial charge in [0.2, 0.25) is 5.90 Å². The number of hydrogen-bond acceptors (Lipinski definition) is 3. The van der Waals surface area contributed by atoms with Gasteiger partial charge >= 0.3 is 5.97 Å². The summed E-state index contributed by atoms with van der Waals surface area (Å²) in [5, 5.41) is 4.39. The van der Waals surface area contributed by atoms with Crippen LogP contribution in [0.3, 0.4) is 0 Å². The lowest BCUT2D eigenvalue weighted by Crippen LogP contribution is -2.05. The first-order valence-electron chi connectivity index (χ1n) is 8.88. The number of carbonyl (C=O) groups excluding carboxylic acids is 1. The molecule has 0 atom stereocenters. The first-order valence-corrected chi connectivity index (χ1v) is 9.67. The van der Waals surface area contributed by atoms with Crippen molar-refractivity contribution in [2.24, 2.45) is 4.99 Å². The van der Waals surface area contributed by atoms with Crippen LogP contribution in [0.1, 0.15) is 11.1 Å². The van der Waals surface area contributed by atoms with E-state index in [1.165, 1.54) is 0 Å². The second kappa shape index (κ2) is 6.73. The summed E-state index contributed by atoms with van der Waals surface area (Å²) in [4.78, 5) is 17.0. The largest absolute Gasteiger partial charge is 0.402 e. The predicted octanol–water partition coefficient (Wildman–Crippen LogP) is 6.10. The van der Waals surface area contributed by atoms with E-state index < -0.39 is 5.97 Å². The second-order valence-electron chi connectivity index (χ2n) is 6.58. The van der Waals surface area contributed by atoms with Gasteiger partial charge in [-0.3, -0.25) is 0 Å². The first kappa shape index (κ1) is 16.9. The highest BCUT2D eigenvalue weighted by Crippen LogP contribution is 2.31. The van der Waals surface area contributed by atoms with Crippen LogP contribution in [0.5, 0.6) is 0 Å². The maximum atomic E-state index is 12.5. The minimum Gasteiger partial charge on any atom is -0.402 e. The number of esters is 1. The molecular formula is C24H14BrNO2. The van der Waals surface area contributed by atoms with E-state index in [-0.39, 0.29) is 0 Å². The van der Waals surface area contributed by atoms with Crippen molar-refractivity contribution in [2.75, 3.05) is 0 Å². The fourth-order valence-electron chi connectivity index (χ4n) is 3.50. The van der Waals surface area contributed by atoms with Gasteiger partial charge in [-0.05, 0) is 57.4 Å². The molecule has 0 saturated carbocycles. The summed E-state index contributed by atoms with van der Waals surface area (Å²) in [6.07, 6.45) is 1.83. The first-order chi connectivity index (χ1) is 13.7. The van der Waals surface area contributed by atoms with Crippen LogP contribution < -0.4 is 0 Å². The molecule has 1 aliphatic heterocycles. The number of nitrogens with zero attached hydrogens (tertiary/aromatic N) is 1. The van der Waals surface area contributed by atoms with Crippen molar-refractivity contribution in [2.45, 2.75) is 0 Å². The highest BCUT2D eigenvalue weighted by atomic mass is 79.9. The highest BCUT2D eigenvalue weighted by molar-refractivity contribution is 9.10. The monoisotopic (exact) mass is 427 g/mol. The van der Waals surface area contributed by atoms with Crippen molar-refractivity contribution in [3.63, 3.8) is 0 Å². The fraction of sp³-hybridized carbons (Fsp3) is 0. The molecule has 4 aromatic rings. The van der Waals surface area contributed by atoms with Gasteiger partial charge in [-0.15, -0.1) is 0 Å². The summed E-state index contributed by atoms with van der Waals surface area (Å²) in [5.74, 6) is -0.117. The lowest BCUT2D eigenvalue weighted by molar-refractivity contribution is -0.129. The van der Waals surface area contributed by atoms with Crippen LogP contribution in [0.2, 0.25) is 0 Å². The second-order valence-corrected chi connectivity index (χ2v) is 7.49. The Labute approximate surface area is 170 Å². The Balaban J connectivity index is 1.72. The number of halogens is 1. The Morgan fingerprint density at radius 3 is 2.18 bits per heavy atom. The third-order valence-electron chi connectivity index (χ3n) is 4.79. The summed E-state index contributed by atoms with van der Waals surface area (Å²) in [5.41, 5.74) is 2.03. The summed E-state index contributed by atoms with van der Waals surface area (Å²) in [6.45, 7) is 0.